The Labute approximate surface area is 203 Å². The molecule has 0 unspecified atom stereocenters. The molecule has 3 heterocycles. The summed E-state index contributed by atoms with van der Waals surface area (Å²) in [4.78, 5) is 22.5. The predicted octanol–water partition coefficient (Wildman–Crippen LogP) is 5.75. The Bertz CT molecular complexity index is 1300. The summed E-state index contributed by atoms with van der Waals surface area (Å²) in [5, 5.41) is 1.34. The Morgan fingerprint density at radius 1 is 0.818 bits per heavy atom. The lowest BCUT2D eigenvalue weighted by atomic mass is 10.0. The number of carbonyl (C=O) groups excluding carboxylic acids is 1. The highest BCUT2D eigenvalue weighted by Crippen LogP contribution is 2.34. The molecule has 0 saturated carbocycles. The molecule has 5 rings (SSSR count). The van der Waals surface area contributed by atoms with E-state index in [4.69, 9.17) is 28.2 Å². The minimum Gasteiger partial charge on any atom is -0.337 e. The summed E-state index contributed by atoms with van der Waals surface area (Å²) in [6.07, 6.45) is 2.88. The molecule has 1 aliphatic heterocycles. The van der Waals surface area contributed by atoms with Crippen LogP contribution in [-0.4, -0.2) is 58.3 Å². The fourth-order valence-corrected chi connectivity index (χ4v) is 4.55. The smallest absolute Gasteiger partial charge is 0.255 e. The quantitative estimate of drug-likeness (QED) is 0.376. The van der Waals surface area contributed by atoms with Gasteiger partial charge >= 0.3 is 0 Å². The number of rotatable bonds is 3. The Balaban J connectivity index is 1.63. The highest BCUT2D eigenvalue weighted by atomic mass is 35.5. The van der Waals surface area contributed by atoms with Gasteiger partial charge in [0.05, 0.1) is 17.0 Å². The van der Waals surface area contributed by atoms with Crippen LogP contribution in [0.3, 0.4) is 0 Å². The maximum Gasteiger partial charge on any atom is 0.255 e. The summed E-state index contributed by atoms with van der Waals surface area (Å²) in [5.41, 5.74) is 5.10. The van der Waals surface area contributed by atoms with Gasteiger partial charge in [0, 0.05) is 47.0 Å². The summed E-state index contributed by atoms with van der Waals surface area (Å²) in [6.45, 7) is 3.40. The second-order valence-electron chi connectivity index (χ2n) is 8.42. The van der Waals surface area contributed by atoms with Crippen LogP contribution in [0.5, 0.6) is 0 Å². The monoisotopic (exact) mass is 478 g/mol. The highest BCUT2D eigenvalue weighted by molar-refractivity contribution is 6.31. The molecule has 2 aromatic heterocycles. The predicted molar refractivity (Wildman–Crippen MR) is 134 cm³/mol. The minimum atomic E-state index is 0.0519. The lowest BCUT2D eigenvalue weighted by Crippen LogP contribution is -2.34. The van der Waals surface area contributed by atoms with Crippen molar-refractivity contribution < 1.29 is 4.79 Å². The molecule has 33 heavy (non-hydrogen) atoms. The molecule has 4 aromatic rings. The van der Waals surface area contributed by atoms with E-state index in [0.717, 1.165) is 60.8 Å². The van der Waals surface area contributed by atoms with Gasteiger partial charge in [-0.1, -0.05) is 47.5 Å². The van der Waals surface area contributed by atoms with E-state index < -0.39 is 0 Å². The van der Waals surface area contributed by atoms with E-state index in [1.807, 2.05) is 76.2 Å². The Morgan fingerprint density at radius 2 is 1.48 bits per heavy atom. The molecule has 0 N–H and O–H groups in total. The Morgan fingerprint density at radius 3 is 2.18 bits per heavy atom. The third kappa shape index (κ3) is 4.49. The van der Waals surface area contributed by atoms with Gasteiger partial charge in [0.1, 0.15) is 5.65 Å². The molecule has 168 valence electrons. The van der Waals surface area contributed by atoms with Gasteiger partial charge in [-0.15, -0.1) is 0 Å². The van der Waals surface area contributed by atoms with E-state index in [2.05, 4.69) is 11.9 Å². The first-order chi connectivity index (χ1) is 16.0. The van der Waals surface area contributed by atoms with Crippen molar-refractivity contribution in [1.29, 1.82) is 0 Å². The number of halogens is 2. The second-order valence-corrected chi connectivity index (χ2v) is 9.29. The van der Waals surface area contributed by atoms with Crippen molar-refractivity contribution in [2.45, 2.75) is 6.42 Å². The number of pyridine rings is 1. The summed E-state index contributed by atoms with van der Waals surface area (Å²) >= 11 is 12.3. The van der Waals surface area contributed by atoms with Crippen LogP contribution in [0.1, 0.15) is 16.8 Å². The average Bonchev–Trinajstić information content (AvgIpc) is 3.06. The van der Waals surface area contributed by atoms with Crippen LogP contribution in [0, 0.1) is 0 Å². The SMILES string of the molecule is CN1CCCN(C(=O)c2ccc3nc(-c4ccc(Cl)cc4)c(-c4ccc(Cl)cc4)n3c2)CC1. The van der Waals surface area contributed by atoms with Crippen LogP contribution in [0.2, 0.25) is 10.0 Å². The molecule has 0 aliphatic carbocycles. The van der Waals surface area contributed by atoms with E-state index >= 15 is 0 Å². The van der Waals surface area contributed by atoms with E-state index in [-0.39, 0.29) is 5.91 Å². The third-order valence-electron chi connectivity index (χ3n) is 6.11. The number of carbonyl (C=O) groups is 1. The number of hydrogen-bond donors (Lipinski definition) is 0. The Hall–Kier alpha value is -2.86. The van der Waals surface area contributed by atoms with Crippen molar-refractivity contribution in [2.24, 2.45) is 0 Å². The van der Waals surface area contributed by atoms with Crippen molar-refractivity contribution >= 4 is 34.8 Å². The first kappa shape index (κ1) is 22.0. The van der Waals surface area contributed by atoms with E-state index in [1.54, 1.807) is 0 Å². The van der Waals surface area contributed by atoms with Crippen LogP contribution in [-0.2, 0) is 0 Å². The highest BCUT2D eigenvalue weighted by Gasteiger charge is 2.21. The van der Waals surface area contributed by atoms with Crippen molar-refractivity contribution in [3.05, 3.63) is 82.5 Å². The van der Waals surface area contributed by atoms with Crippen molar-refractivity contribution in [2.75, 3.05) is 33.2 Å². The summed E-state index contributed by atoms with van der Waals surface area (Å²) in [6, 6.07) is 19.1. The maximum atomic E-state index is 13.4. The van der Waals surface area contributed by atoms with Gasteiger partial charge in [0.25, 0.3) is 5.91 Å². The molecule has 2 aromatic carbocycles. The van der Waals surface area contributed by atoms with E-state index in [9.17, 15) is 4.79 Å². The first-order valence-corrected chi connectivity index (χ1v) is 11.8. The molecule has 1 saturated heterocycles. The normalized spacial score (nSPS) is 15.1. The molecule has 1 aliphatic rings. The minimum absolute atomic E-state index is 0.0519. The largest absolute Gasteiger partial charge is 0.337 e. The molecule has 0 bridgehead atoms. The summed E-state index contributed by atoms with van der Waals surface area (Å²) in [7, 11) is 2.10. The van der Waals surface area contributed by atoms with Crippen LogP contribution in [0.15, 0.2) is 66.9 Å². The van der Waals surface area contributed by atoms with Gasteiger partial charge in [-0.05, 0) is 56.4 Å². The maximum absolute atomic E-state index is 13.4. The Kier molecular flexibility index (Phi) is 6.11. The van der Waals surface area contributed by atoms with Gasteiger partial charge in [0.2, 0.25) is 0 Å². The molecular formula is C26H24Cl2N4O. The summed E-state index contributed by atoms with van der Waals surface area (Å²) < 4.78 is 2.00. The number of hydrogen-bond acceptors (Lipinski definition) is 3. The molecule has 1 amide bonds. The van der Waals surface area contributed by atoms with Crippen LogP contribution < -0.4 is 0 Å². The van der Waals surface area contributed by atoms with Crippen LogP contribution in [0.4, 0.5) is 0 Å². The number of amides is 1. The van der Waals surface area contributed by atoms with E-state index in [1.165, 1.54) is 0 Å². The lowest BCUT2D eigenvalue weighted by molar-refractivity contribution is 0.0762. The first-order valence-electron chi connectivity index (χ1n) is 11.0. The lowest BCUT2D eigenvalue weighted by Gasteiger charge is -2.20. The van der Waals surface area contributed by atoms with Crippen molar-refractivity contribution in [3.63, 3.8) is 0 Å². The zero-order valence-electron chi connectivity index (χ0n) is 18.3. The fourth-order valence-electron chi connectivity index (χ4n) is 4.30. The molecule has 5 nitrogen and oxygen atoms in total. The van der Waals surface area contributed by atoms with Gasteiger partial charge in [-0.3, -0.25) is 9.20 Å². The van der Waals surface area contributed by atoms with Gasteiger partial charge in [-0.2, -0.15) is 0 Å². The zero-order chi connectivity index (χ0) is 22.9. The van der Waals surface area contributed by atoms with Gasteiger partial charge < -0.3 is 9.80 Å². The molecule has 0 radical (unpaired) electrons. The fraction of sp³-hybridized carbons (Fsp3) is 0.231. The topological polar surface area (TPSA) is 40.8 Å². The number of imidazole rings is 1. The number of fused-ring (bicyclic) bond motifs is 1. The number of aromatic nitrogens is 2. The molecule has 1 fully saturated rings. The molecule has 7 heteroatoms. The third-order valence-corrected chi connectivity index (χ3v) is 6.61. The molecule has 0 spiro atoms. The molecule has 0 atom stereocenters. The number of nitrogens with zero attached hydrogens (tertiary/aromatic N) is 4. The van der Waals surface area contributed by atoms with Gasteiger partial charge in [0.15, 0.2) is 0 Å². The average molecular weight is 479 g/mol. The zero-order valence-corrected chi connectivity index (χ0v) is 19.9. The number of likely N-dealkylation sites (N-methyl/N-ethyl adjacent to an activating group) is 1. The molecular weight excluding hydrogens is 455 g/mol. The van der Waals surface area contributed by atoms with Crippen molar-refractivity contribution in [1.82, 2.24) is 19.2 Å². The summed E-state index contributed by atoms with van der Waals surface area (Å²) in [5.74, 6) is 0.0519. The second kappa shape index (κ2) is 9.18. The van der Waals surface area contributed by atoms with E-state index in [0.29, 0.717) is 15.6 Å². The van der Waals surface area contributed by atoms with Crippen LogP contribution in [0.25, 0.3) is 28.2 Å². The standard InChI is InChI=1S/C26H24Cl2N4O/c1-30-13-2-14-31(16-15-30)26(33)20-7-12-23-29-24(18-3-8-21(27)9-4-18)25(32(23)17-20)19-5-10-22(28)11-6-19/h3-12,17H,2,13-16H2,1H3. The van der Waals surface area contributed by atoms with Crippen LogP contribution >= 0.6 is 23.2 Å². The number of benzene rings is 2. The van der Waals surface area contributed by atoms with Gasteiger partial charge in [-0.25, -0.2) is 4.98 Å². The van der Waals surface area contributed by atoms with Crippen molar-refractivity contribution in [3.8, 4) is 22.5 Å².